The number of nitrogens with one attached hydrogen (secondary N) is 2. The van der Waals surface area contributed by atoms with Gasteiger partial charge in [-0.3, -0.25) is 14.4 Å². The monoisotopic (exact) mass is 469 g/mol. The molecular weight excluding hydrogens is 442 g/mol. The van der Waals surface area contributed by atoms with Crippen molar-refractivity contribution >= 4 is 23.0 Å². The van der Waals surface area contributed by atoms with Crippen LogP contribution in [0.1, 0.15) is 35.3 Å². The van der Waals surface area contributed by atoms with Crippen molar-refractivity contribution < 1.29 is 9.90 Å². The lowest BCUT2D eigenvalue weighted by molar-refractivity contribution is 0.0824. The van der Waals surface area contributed by atoms with Gasteiger partial charge < -0.3 is 20.6 Å². The van der Waals surface area contributed by atoms with Crippen LogP contribution in [-0.4, -0.2) is 30.0 Å². The van der Waals surface area contributed by atoms with E-state index in [0.717, 1.165) is 16.7 Å². The van der Waals surface area contributed by atoms with Gasteiger partial charge in [0.25, 0.3) is 16.8 Å². The molecule has 0 bridgehead atoms. The summed E-state index contributed by atoms with van der Waals surface area (Å²) in [4.78, 5) is 38.5. The maximum absolute atomic E-state index is 12.4. The highest BCUT2D eigenvalue weighted by Crippen LogP contribution is 2.34. The van der Waals surface area contributed by atoms with Crippen LogP contribution in [0.5, 0.6) is 5.75 Å². The fraction of sp³-hybridized carbons (Fsp3) is 0.179. The number of carbonyl (C=O) groups is 1. The molecule has 0 aliphatic rings. The first-order valence-electron chi connectivity index (χ1n) is 11.4. The van der Waals surface area contributed by atoms with Gasteiger partial charge in [0, 0.05) is 14.1 Å². The third-order valence-corrected chi connectivity index (χ3v) is 5.97. The van der Waals surface area contributed by atoms with Gasteiger partial charge in [0.2, 0.25) is 0 Å². The smallest absolute Gasteiger partial charge is 0.257 e. The van der Waals surface area contributed by atoms with E-state index in [0.29, 0.717) is 6.42 Å². The fourth-order valence-electron chi connectivity index (χ4n) is 4.00. The molecule has 0 aliphatic heterocycles. The number of benzene rings is 3. The number of amides is 1. The van der Waals surface area contributed by atoms with Crippen molar-refractivity contribution in [3.05, 3.63) is 104 Å². The van der Waals surface area contributed by atoms with E-state index in [1.54, 1.807) is 26.2 Å². The first-order chi connectivity index (χ1) is 16.8. The number of aromatic hydroxyl groups is 1. The first-order valence-corrected chi connectivity index (χ1v) is 11.4. The molecule has 0 heterocycles. The number of nitrogens with zero attached hydrogens (tertiary/aromatic N) is 1. The second-order valence-corrected chi connectivity index (χ2v) is 8.53. The van der Waals surface area contributed by atoms with Gasteiger partial charge in [0.1, 0.15) is 11.4 Å². The average Bonchev–Trinajstić information content (AvgIpc) is 2.89. The van der Waals surface area contributed by atoms with Crippen LogP contribution in [0.4, 0.5) is 17.1 Å². The van der Waals surface area contributed by atoms with E-state index in [-0.39, 0.29) is 40.3 Å². The van der Waals surface area contributed by atoms with E-state index in [2.05, 4.69) is 16.7 Å². The molecular formula is C28H27N3O4. The lowest BCUT2D eigenvalue weighted by Gasteiger charge is -2.23. The highest BCUT2D eigenvalue weighted by molar-refractivity contribution is 5.99. The van der Waals surface area contributed by atoms with Crippen LogP contribution < -0.4 is 21.5 Å². The van der Waals surface area contributed by atoms with Crippen LogP contribution in [-0.2, 0) is 0 Å². The molecule has 1 amide bonds. The van der Waals surface area contributed by atoms with Gasteiger partial charge in [0.15, 0.2) is 5.75 Å². The van der Waals surface area contributed by atoms with E-state index in [4.69, 9.17) is 0 Å². The normalized spacial score (nSPS) is 11.7. The van der Waals surface area contributed by atoms with Crippen molar-refractivity contribution in [3.8, 4) is 16.9 Å². The third-order valence-electron chi connectivity index (χ3n) is 5.97. The molecule has 178 valence electrons. The lowest BCUT2D eigenvalue weighted by atomic mass is 9.97. The minimum atomic E-state index is -0.677. The zero-order chi connectivity index (χ0) is 25.1. The molecule has 0 saturated heterocycles. The molecule has 4 aromatic carbocycles. The second-order valence-electron chi connectivity index (χ2n) is 8.53. The van der Waals surface area contributed by atoms with Crippen molar-refractivity contribution in [2.45, 2.75) is 19.4 Å². The lowest BCUT2D eigenvalue weighted by Crippen LogP contribution is -2.37. The maximum Gasteiger partial charge on any atom is 0.257 e. The zero-order valence-corrected chi connectivity index (χ0v) is 19.8. The fourth-order valence-corrected chi connectivity index (χ4v) is 4.00. The van der Waals surface area contributed by atoms with Gasteiger partial charge in [-0.2, -0.15) is 0 Å². The van der Waals surface area contributed by atoms with Crippen molar-refractivity contribution in [2.24, 2.45) is 0 Å². The van der Waals surface area contributed by atoms with Gasteiger partial charge in [-0.15, -0.1) is 0 Å². The highest BCUT2D eigenvalue weighted by atomic mass is 16.3. The Morgan fingerprint density at radius 3 is 2.23 bits per heavy atom. The van der Waals surface area contributed by atoms with Crippen molar-refractivity contribution in [1.82, 2.24) is 4.90 Å². The standard InChI is InChI=1S/C28H27N3O4/c1-4-21(19-13-8-12-18(16-19)17-10-6-5-7-11-17)29-23-24(27(34)26(23)33)30-22-15-9-14-20(25(22)32)28(35)31(2)3/h5-16,21,29-30,32H,4H2,1-3H3/t21-/m1/s1. The molecule has 0 saturated carbocycles. The summed E-state index contributed by atoms with van der Waals surface area (Å²) in [5, 5.41) is 16.7. The zero-order valence-electron chi connectivity index (χ0n) is 19.8. The van der Waals surface area contributed by atoms with Gasteiger partial charge in [-0.25, -0.2) is 0 Å². The molecule has 4 rings (SSSR count). The predicted octanol–water partition coefficient (Wildman–Crippen LogP) is 4.66. The Morgan fingerprint density at radius 2 is 1.54 bits per heavy atom. The number of hydrogen-bond donors (Lipinski definition) is 3. The minimum absolute atomic E-state index is 0.0671. The molecule has 7 heteroatoms. The van der Waals surface area contributed by atoms with Crippen LogP contribution in [0.15, 0.2) is 82.4 Å². The quantitative estimate of drug-likeness (QED) is 0.256. The SMILES string of the molecule is CC[C@@H](Nc1c(Nc2cccc(C(=O)N(C)C)c2O)c(=O)c1=O)c1cccc(-c2ccccc2)c1. The van der Waals surface area contributed by atoms with E-state index in [1.807, 2.05) is 55.5 Å². The molecule has 0 spiro atoms. The summed E-state index contributed by atoms with van der Waals surface area (Å²) in [6.45, 7) is 1.99. The summed E-state index contributed by atoms with van der Waals surface area (Å²) in [5.41, 5.74) is 2.32. The topological polar surface area (TPSA) is 98.7 Å². The maximum atomic E-state index is 12.4. The third kappa shape index (κ3) is 4.66. The Labute approximate surface area is 203 Å². The molecule has 0 unspecified atom stereocenters. The van der Waals surface area contributed by atoms with Gasteiger partial charge >= 0.3 is 0 Å². The van der Waals surface area contributed by atoms with Gasteiger partial charge in [-0.05, 0) is 41.3 Å². The van der Waals surface area contributed by atoms with Crippen molar-refractivity contribution in [2.75, 3.05) is 24.7 Å². The van der Waals surface area contributed by atoms with E-state index in [9.17, 15) is 19.5 Å². The van der Waals surface area contributed by atoms with E-state index < -0.39 is 10.9 Å². The molecule has 0 fully saturated rings. The Bertz CT molecular complexity index is 1440. The van der Waals surface area contributed by atoms with Gasteiger partial charge in [-0.1, -0.05) is 61.5 Å². The minimum Gasteiger partial charge on any atom is -0.505 e. The highest BCUT2D eigenvalue weighted by Gasteiger charge is 2.25. The Balaban J connectivity index is 1.62. The van der Waals surface area contributed by atoms with Crippen LogP contribution >= 0.6 is 0 Å². The number of rotatable bonds is 8. The Hall–Kier alpha value is -4.39. The average molecular weight is 470 g/mol. The first kappa shape index (κ1) is 23.8. The molecule has 0 aromatic heterocycles. The number of phenolic OH excluding ortho intramolecular Hbond substituents is 1. The van der Waals surface area contributed by atoms with Crippen LogP contribution in [0, 0.1) is 0 Å². The predicted molar refractivity (Wildman–Crippen MR) is 139 cm³/mol. The molecule has 7 nitrogen and oxygen atoms in total. The van der Waals surface area contributed by atoms with Gasteiger partial charge in [0.05, 0.1) is 17.3 Å². The summed E-state index contributed by atoms with van der Waals surface area (Å²) < 4.78 is 0. The van der Waals surface area contributed by atoms with E-state index >= 15 is 0 Å². The summed E-state index contributed by atoms with van der Waals surface area (Å²) in [6, 6.07) is 22.5. The van der Waals surface area contributed by atoms with Crippen LogP contribution in [0.25, 0.3) is 11.1 Å². The van der Waals surface area contributed by atoms with Crippen molar-refractivity contribution in [3.63, 3.8) is 0 Å². The number of para-hydroxylation sites is 1. The summed E-state index contributed by atoms with van der Waals surface area (Å²) in [6.07, 6.45) is 0.675. The number of phenols is 1. The molecule has 0 aliphatic carbocycles. The second kappa shape index (κ2) is 9.85. The molecule has 4 aromatic rings. The largest absolute Gasteiger partial charge is 0.505 e. The van der Waals surface area contributed by atoms with Crippen LogP contribution in [0.3, 0.4) is 0 Å². The van der Waals surface area contributed by atoms with Crippen molar-refractivity contribution in [1.29, 1.82) is 0 Å². The van der Waals surface area contributed by atoms with Crippen LogP contribution in [0.2, 0.25) is 0 Å². The Kier molecular flexibility index (Phi) is 6.68. The summed E-state index contributed by atoms with van der Waals surface area (Å²) in [7, 11) is 3.16. The summed E-state index contributed by atoms with van der Waals surface area (Å²) in [5.74, 6) is -0.661. The number of hydrogen-bond acceptors (Lipinski definition) is 6. The summed E-state index contributed by atoms with van der Waals surface area (Å²) >= 11 is 0. The van der Waals surface area contributed by atoms with E-state index in [1.165, 1.54) is 11.0 Å². The number of carbonyl (C=O) groups excluding carboxylic acids is 1. The molecule has 0 radical (unpaired) electrons. The molecule has 1 atom stereocenters. The Morgan fingerprint density at radius 1 is 0.886 bits per heavy atom. The number of anilines is 3. The molecule has 35 heavy (non-hydrogen) atoms. The molecule has 3 N–H and O–H groups in total.